The number of hydrogen-bond acceptors (Lipinski definition) is 5. The van der Waals surface area contributed by atoms with Crippen molar-refractivity contribution in [2.75, 3.05) is 0 Å². The maximum Gasteiger partial charge on any atom is 0.407 e. The van der Waals surface area contributed by atoms with Gasteiger partial charge in [0.2, 0.25) is 0 Å². The van der Waals surface area contributed by atoms with Crippen LogP contribution in [0.2, 0.25) is 0 Å². The summed E-state index contributed by atoms with van der Waals surface area (Å²) in [6, 6.07) is 1.69. The summed E-state index contributed by atoms with van der Waals surface area (Å²) in [7, 11) is 1.40. The lowest BCUT2D eigenvalue weighted by atomic mass is 10.2. The Balaban J connectivity index is 2.87. The molecular formula is C15H23IN2O4S. The molecule has 0 aliphatic rings. The predicted molar refractivity (Wildman–Crippen MR) is 99.7 cm³/mol. The fourth-order valence-corrected chi connectivity index (χ4v) is 3.13. The maximum absolute atomic E-state index is 12.3. The van der Waals surface area contributed by atoms with Crippen molar-refractivity contribution in [3.05, 3.63) is 23.5 Å². The SMILES string of the molecule is CC(C)(C)OC(=O)NCc1c(C(=O)OC(C)(C)C)ccn1SI. The Hall–Kier alpha value is -0.900. The van der Waals surface area contributed by atoms with E-state index in [2.05, 4.69) is 26.5 Å². The van der Waals surface area contributed by atoms with Gasteiger partial charge in [-0.3, -0.25) is 3.97 Å². The molecule has 130 valence electrons. The minimum atomic E-state index is -0.577. The Kier molecular flexibility index (Phi) is 6.81. The molecule has 1 amide bonds. The summed E-state index contributed by atoms with van der Waals surface area (Å²) in [6.45, 7) is 11.0. The lowest BCUT2D eigenvalue weighted by Gasteiger charge is -2.21. The number of aromatic nitrogens is 1. The summed E-state index contributed by atoms with van der Waals surface area (Å²) in [6.07, 6.45) is 1.24. The van der Waals surface area contributed by atoms with Crippen LogP contribution in [0.3, 0.4) is 0 Å². The van der Waals surface area contributed by atoms with Gasteiger partial charge in [-0.1, -0.05) is 0 Å². The highest BCUT2D eigenvalue weighted by atomic mass is 127. The number of esters is 1. The van der Waals surface area contributed by atoms with E-state index in [1.165, 1.54) is 9.12 Å². The molecular weight excluding hydrogens is 431 g/mol. The number of amides is 1. The van der Waals surface area contributed by atoms with Crippen LogP contribution in [0.4, 0.5) is 4.79 Å². The summed E-state index contributed by atoms with van der Waals surface area (Å²) < 4.78 is 12.4. The largest absolute Gasteiger partial charge is 0.456 e. The Bertz CT molecular complexity index is 573. The van der Waals surface area contributed by atoms with Crippen molar-refractivity contribution >= 4 is 42.4 Å². The molecule has 0 spiro atoms. The van der Waals surface area contributed by atoms with Gasteiger partial charge >= 0.3 is 12.1 Å². The highest BCUT2D eigenvalue weighted by Gasteiger charge is 2.24. The molecule has 1 aromatic heterocycles. The summed E-state index contributed by atoms with van der Waals surface area (Å²) in [5, 5.41) is 2.67. The molecule has 0 saturated heterocycles. The van der Waals surface area contributed by atoms with Gasteiger partial charge in [-0.25, -0.2) is 9.59 Å². The molecule has 23 heavy (non-hydrogen) atoms. The molecule has 0 atom stereocenters. The van der Waals surface area contributed by atoms with Gasteiger partial charge in [-0.05, 0) is 47.6 Å². The Labute approximate surface area is 153 Å². The van der Waals surface area contributed by atoms with Crippen LogP contribution in [0.1, 0.15) is 57.6 Å². The van der Waals surface area contributed by atoms with Gasteiger partial charge in [-0.2, -0.15) is 0 Å². The fraction of sp³-hybridized carbons (Fsp3) is 0.600. The third-order valence-electron chi connectivity index (χ3n) is 2.45. The summed E-state index contributed by atoms with van der Waals surface area (Å²) in [5.41, 5.74) is -0.0606. The minimum Gasteiger partial charge on any atom is -0.456 e. The van der Waals surface area contributed by atoms with E-state index >= 15 is 0 Å². The highest BCUT2D eigenvalue weighted by Crippen LogP contribution is 2.24. The number of halogens is 1. The number of hydrogen-bond donors (Lipinski definition) is 1. The number of carbonyl (C=O) groups excluding carboxylic acids is 2. The molecule has 0 fully saturated rings. The number of alkyl carbamates (subject to hydrolysis) is 1. The van der Waals surface area contributed by atoms with Gasteiger partial charge < -0.3 is 14.8 Å². The molecule has 0 aromatic carbocycles. The van der Waals surface area contributed by atoms with Crippen LogP contribution in [0, 0.1) is 0 Å². The monoisotopic (exact) mass is 454 g/mol. The van der Waals surface area contributed by atoms with Gasteiger partial charge in [0.15, 0.2) is 0 Å². The van der Waals surface area contributed by atoms with E-state index in [1.54, 1.807) is 37.0 Å². The predicted octanol–water partition coefficient (Wildman–Crippen LogP) is 4.31. The lowest BCUT2D eigenvalue weighted by Crippen LogP contribution is -2.33. The average molecular weight is 454 g/mol. The first-order chi connectivity index (χ1) is 10.4. The first kappa shape index (κ1) is 20.1. The number of nitrogens with one attached hydrogen (secondary N) is 1. The first-order valence-electron chi connectivity index (χ1n) is 7.12. The van der Waals surface area contributed by atoms with Crippen LogP contribution >= 0.6 is 30.3 Å². The standard InChI is InChI=1S/C15H23IN2O4S/c1-14(2,3)21-12(19)10-7-8-18(23-16)11(10)9-17-13(20)22-15(4,5)6/h7-8H,9H2,1-6H3,(H,17,20). The molecule has 0 saturated carbocycles. The van der Waals surface area contributed by atoms with Gasteiger partial charge in [0.05, 0.1) is 17.8 Å². The molecule has 0 aliphatic carbocycles. The highest BCUT2D eigenvalue weighted by molar-refractivity contribution is 14.2. The van der Waals surface area contributed by atoms with E-state index in [-0.39, 0.29) is 6.54 Å². The maximum atomic E-state index is 12.3. The fourth-order valence-electron chi connectivity index (χ4n) is 1.67. The van der Waals surface area contributed by atoms with E-state index in [0.717, 1.165) is 0 Å². The summed E-state index contributed by atoms with van der Waals surface area (Å²) in [5.74, 6) is -0.414. The van der Waals surface area contributed by atoms with Crippen LogP contribution in [0.25, 0.3) is 0 Å². The van der Waals surface area contributed by atoms with Crippen molar-refractivity contribution in [2.24, 2.45) is 0 Å². The van der Waals surface area contributed by atoms with Crippen molar-refractivity contribution in [3.63, 3.8) is 0 Å². The third-order valence-corrected chi connectivity index (χ3v) is 4.21. The van der Waals surface area contributed by atoms with Crippen LogP contribution in [0.15, 0.2) is 12.3 Å². The second kappa shape index (κ2) is 7.78. The summed E-state index contributed by atoms with van der Waals surface area (Å²) >= 11 is 2.11. The zero-order valence-electron chi connectivity index (χ0n) is 14.2. The molecule has 1 aromatic rings. The molecule has 0 radical (unpaired) electrons. The van der Waals surface area contributed by atoms with Gasteiger partial charge in [0.25, 0.3) is 0 Å². The van der Waals surface area contributed by atoms with Crippen molar-refractivity contribution in [1.82, 2.24) is 9.29 Å². The number of ether oxygens (including phenoxy) is 2. The van der Waals surface area contributed by atoms with E-state index < -0.39 is 23.3 Å². The molecule has 8 heteroatoms. The first-order valence-corrected chi connectivity index (χ1v) is 10.4. The number of rotatable bonds is 4. The smallest absolute Gasteiger partial charge is 0.407 e. The Morgan fingerprint density at radius 2 is 1.74 bits per heavy atom. The van der Waals surface area contributed by atoms with Crippen molar-refractivity contribution in [2.45, 2.75) is 59.3 Å². The zero-order chi connectivity index (χ0) is 17.8. The normalized spacial score (nSPS) is 12.0. The van der Waals surface area contributed by atoms with E-state index in [0.29, 0.717) is 11.3 Å². The van der Waals surface area contributed by atoms with E-state index in [9.17, 15) is 9.59 Å². The van der Waals surface area contributed by atoms with Gasteiger partial charge in [0, 0.05) is 36.5 Å². The molecule has 0 unspecified atom stereocenters. The number of nitrogens with zero attached hydrogens (tertiary/aromatic N) is 1. The van der Waals surface area contributed by atoms with E-state index in [1.807, 2.05) is 20.8 Å². The molecule has 6 nitrogen and oxygen atoms in total. The molecule has 1 heterocycles. The Morgan fingerprint density at radius 1 is 1.17 bits per heavy atom. The third kappa shape index (κ3) is 7.03. The lowest BCUT2D eigenvalue weighted by molar-refractivity contribution is 0.00673. The minimum absolute atomic E-state index is 0.173. The van der Waals surface area contributed by atoms with E-state index in [4.69, 9.17) is 9.47 Å². The molecule has 1 N–H and O–H groups in total. The molecule has 0 aliphatic heterocycles. The van der Waals surface area contributed by atoms with Crippen molar-refractivity contribution in [3.8, 4) is 0 Å². The average Bonchev–Trinajstić information content (AvgIpc) is 2.74. The molecule has 0 bridgehead atoms. The van der Waals surface area contributed by atoms with Gasteiger partial charge in [0.1, 0.15) is 11.2 Å². The van der Waals surface area contributed by atoms with Crippen molar-refractivity contribution < 1.29 is 19.1 Å². The second-order valence-electron chi connectivity index (χ2n) is 6.93. The van der Waals surface area contributed by atoms with Crippen LogP contribution in [-0.4, -0.2) is 27.2 Å². The molecule has 1 rings (SSSR count). The summed E-state index contributed by atoms with van der Waals surface area (Å²) in [4.78, 5) is 24.1. The number of carbonyl (C=O) groups is 2. The Morgan fingerprint density at radius 3 is 2.22 bits per heavy atom. The van der Waals surface area contributed by atoms with Crippen LogP contribution in [0.5, 0.6) is 0 Å². The van der Waals surface area contributed by atoms with Crippen molar-refractivity contribution in [1.29, 1.82) is 0 Å². The van der Waals surface area contributed by atoms with Crippen LogP contribution < -0.4 is 5.32 Å². The topological polar surface area (TPSA) is 69.6 Å². The van der Waals surface area contributed by atoms with Crippen LogP contribution in [-0.2, 0) is 16.0 Å². The van der Waals surface area contributed by atoms with Gasteiger partial charge in [-0.15, -0.1) is 0 Å². The quantitative estimate of drug-likeness (QED) is 0.543. The zero-order valence-corrected chi connectivity index (χ0v) is 17.2. The second-order valence-corrected chi connectivity index (χ2v) is 8.64.